The molecule has 0 N–H and O–H groups in total. The number of terminal acetylenes is 1. The number of hydrogen-bond acceptors (Lipinski definition) is 4. The van der Waals surface area contributed by atoms with Gasteiger partial charge in [-0.2, -0.15) is 0 Å². The highest BCUT2D eigenvalue weighted by atomic mass is 16.5. The van der Waals surface area contributed by atoms with Crippen LogP contribution >= 0.6 is 0 Å². The van der Waals surface area contributed by atoms with Crippen molar-refractivity contribution in [1.29, 1.82) is 0 Å². The minimum absolute atomic E-state index is 0.590. The van der Waals surface area contributed by atoms with Gasteiger partial charge in [0.2, 0.25) is 0 Å². The van der Waals surface area contributed by atoms with Crippen molar-refractivity contribution in [3.63, 3.8) is 0 Å². The zero-order valence-electron chi connectivity index (χ0n) is 36.9. The van der Waals surface area contributed by atoms with Crippen LogP contribution in [0.3, 0.4) is 0 Å². The van der Waals surface area contributed by atoms with Gasteiger partial charge in [0.15, 0.2) is 0 Å². The molecule has 0 bridgehead atoms. The summed E-state index contributed by atoms with van der Waals surface area (Å²) in [6, 6.07) is 27.1. The van der Waals surface area contributed by atoms with Crippen molar-refractivity contribution in [2.45, 2.75) is 130 Å². The highest BCUT2D eigenvalue weighted by molar-refractivity contribution is 6.09. The summed E-state index contributed by atoms with van der Waals surface area (Å²) in [4.78, 5) is 0. The fourth-order valence-corrected chi connectivity index (χ4v) is 7.27. The summed E-state index contributed by atoms with van der Waals surface area (Å²) in [5, 5.41) is 4.71. The van der Waals surface area contributed by atoms with E-state index in [0.717, 1.165) is 85.4 Å². The predicted molar refractivity (Wildman–Crippen MR) is 253 cm³/mol. The van der Waals surface area contributed by atoms with E-state index in [4.69, 9.17) is 25.4 Å². The number of rotatable bonds is 24. The summed E-state index contributed by atoms with van der Waals surface area (Å²) in [5.74, 6) is 19.6. The lowest BCUT2D eigenvalue weighted by Crippen LogP contribution is -2.04. The minimum atomic E-state index is 0.590. The Labute approximate surface area is 361 Å². The quantitative estimate of drug-likeness (QED) is 0.0354. The van der Waals surface area contributed by atoms with Crippen molar-refractivity contribution in [2.75, 3.05) is 26.4 Å². The zero-order chi connectivity index (χ0) is 42.2. The molecule has 0 saturated carbocycles. The fraction of sp³-hybridized carbons (Fsp3) is 0.429. The minimum Gasteiger partial charge on any atom is -0.492 e. The molecule has 0 aliphatic heterocycles. The second-order valence-electron chi connectivity index (χ2n) is 15.7. The SMILES string of the molecule is C#Cc1cc(OCCCCCC)c(C#Cc2cc(OCCCCCC)c(C#Cc3cc4ccccc4c4ccccc34)cc2OCCCCCC)cc1OCCCCCC. The zero-order valence-corrected chi connectivity index (χ0v) is 36.9. The molecule has 5 aromatic carbocycles. The highest BCUT2D eigenvalue weighted by Gasteiger charge is 2.14. The molecule has 0 saturated heterocycles. The fourth-order valence-electron chi connectivity index (χ4n) is 7.27. The first-order valence-electron chi connectivity index (χ1n) is 22.9. The second-order valence-corrected chi connectivity index (χ2v) is 15.7. The molecule has 5 aromatic rings. The summed E-state index contributed by atoms with van der Waals surface area (Å²) in [5.41, 5.74) is 3.91. The normalized spacial score (nSPS) is 10.7. The van der Waals surface area contributed by atoms with Gasteiger partial charge in [0, 0.05) is 29.8 Å². The lowest BCUT2D eigenvalue weighted by molar-refractivity contribution is 0.295. The molecule has 0 atom stereocenters. The molecule has 314 valence electrons. The van der Waals surface area contributed by atoms with Crippen molar-refractivity contribution < 1.29 is 18.9 Å². The van der Waals surface area contributed by atoms with Gasteiger partial charge in [-0.25, -0.2) is 0 Å². The van der Waals surface area contributed by atoms with E-state index in [9.17, 15) is 0 Å². The third kappa shape index (κ3) is 13.8. The van der Waals surface area contributed by atoms with Gasteiger partial charge in [0.25, 0.3) is 0 Å². The van der Waals surface area contributed by atoms with Gasteiger partial charge < -0.3 is 18.9 Å². The molecular weight excluding hydrogens is 737 g/mol. The van der Waals surface area contributed by atoms with Crippen LogP contribution in [-0.4, -0.2) is 26.4 Å². The standard InChI is InChI=1S/C56H66O4/c1-6-11-15-23-35-57-53-41-48(54(40-44(53)10-5)58-36-24-16-12-7-2)33-34-49-43-55(59-37-25-17-13-8-3)47(42-56(49)60-38-26-18-14-9-4)32-31-46-39-45-27-19-20-28-50(45)52-30-22-21-29-51(46)52/h5,19-22,27-30,39-43H,6-9,11-18,23-26,35-38H2,1-4H3. The molecule has 0 aliphatic rings. The van der Waals surface area contributed by atoms with Crippen LogP contribution < -0.4 is 18.9 Å². The Morgan fingerprint density at radius 1 is 0.367 bits per heavy atom. The van der Waals surface area contributed by atoms with Gasteiger partial charge >= 0.3 is 0 Å². The van der Waals surface area contributed by atoms with Crippen LogP contribution in [0.4, 0.5) is 0 Å². The van der Waals surface area contributed by atoms with E-state index < -0.39 is 0 Å². The number of ether oxygens (including phenoxy) is 4. The first kappa shape index (κ1) is 45.6. The van der Waals surface area contributed by atoms with Crippen molar-refractivity contribution in [2.24, 2.45) is 0 Å². The van der Waals surface area contributed by atoms with E-state index in [-0.39, 0.29) is 0 Å². The van der Waals surface area contributed by atoms with E-state index in [1.54, 1.807) is 0 Å². The molecule has 0 amide bonds. The van der Waals surface area contributed by atoms with Crippen molar-refractivity contribution in [1.82, 2.24) is 0 Å². The van der Waals surface area contributed by atoms with Crippen LogP contribution in [0.15, 0.2) is 78.9 Å². The number of unbranched alkanes of at least 4 members (excludes halogenated alkanes) is 12. The van der Waals surface area contributed by atoms with Crippen LogP contribution in [0.2, 0.25) is 0 Å². The third-order valence-electron chi connectivity index (χ3n) is 10.8. The monoisotopic (exact) mass is 802 g/mol. The van der Waals surface area contributed by atoms with Gasteiger partial charge in [0.1, 0.15) is 23.0 Å². The largest absolute Gasteiger partial charge is 0.492 e. The summed E-state index contributed by atoms with van der Waals surface area (Å²) in [6.07, 6.45) is 23.7. The lowest BCUT2D eigenvalue weighted by Gasteiger charge is -2.15. The molecule has 60 heavy (non-hydrogen) atoms. The van der Waals surface area contributed by atoms with Gasteiger partial charge in [-0.05, 0) is 53.3 Å². The molecule has 0 aliphatic carbocycles. The summed E-state index contributed by atoms with van der Waals surface area (Å²) in [6.45, 7) is 11.3. The van der Waals surface area contributed by atoms with E-state index in [1.807, 2.05) is 24.3 Å². The maximum atomic E-state index is 6.58. The van der Waals surface area contributed by atoms with Crippen LogP contribution in [0.5, 0.6) is 23.0 Å². The topological polar surface area (TPSA) is 36.9 Å². The first-order valence-corrected chi connectivity index (χ1v) is 22.9. The van der Waals surface area contributed by atoms with Gasteiger partial charge in [-0.3, -0.25) is 0 Å². The molecule has 0 spiro atoms. The number of benzene rings is 5. The second kappa shape index (κ2) is 25.9. The Kier molecular flexibility index (Phi) is 19.7. The summed E-state index contributed by atoms with van der Waals surface area (Å²) in [7, 11) is 0. The molecular formula is C56H66O4. The van der Waals surface area contributed by atoms with Crippen molar-refractivity contribution in [3.05, 3.63) is 107 Å². The molecule has 0 unspecified atom stereocenters. The highest BCUT2D eigenvalue weighted by Crippen LogP contribution is 2.33. The van der Waals surface area contributed by atoms with Crippen LogP contribution in [-0.2, 0) is 0 Å². The van der Waals surface area contributed by atoms with Crippen LogP contribution in [0, 0.1) is 36.0 Å². The molecule has 0 heterocycles. The Morgan fingerprint density at radius 2 is 0.717 bits per heavy atom. The lowest BCUT2D eigenvalue weighted by atomic mass is 9.97. The Bertz CT molecular complexity index is 2270. The molecule has 0 fully saturated rings. The molecule has 0 aromatic heterocycles. The van der Waals surface area contributed by atoms with Crippen molar-refractivity contribution in [3.8, 4) is 59.0 Å². The molecule has 4 nitrogen and oxygen atoms in total. The predicted octanol–water partition coefficient (Wildman–Crippen LogP) is 14.6. The van der Waals surface area contributed by atoms with Crippen LogP contribution in [0.1, 0.15) is 158 Å². The first-order chi connectivity index (χ1) is 29.6. The van der Waals surface area contributed by atoms with Crippen LogP contribution in [0.25, 0.3) is 21.5 Å². The molecule has 5 rings (SSSR count). The maximum Gasteiger partial charge on any atom is 0.136 e. The average Bonchev–Trinajstić information content (AvgIpc) is 3.28. The summed E-state index contributed by atoms with van der Waals surface area (Å²) < 4.78 is 25.8. The smallest absolute Gasteiger partial charge is 0.136 e. The maximum absolute atomic E-state index is 6.58. The Balaban J connectivity index is 1.59. The van der Waals surface area contributed by atoms with Gasteiger partial charge in [0.05, 0.1) is 48.7 Å². The van der Waals surface area contributed by atoms with E-state index >= 15 is 0 Å². The van der Waals surface area contributed by atoms with E-state index in [0.29, 0.717) is 55.0 Å². The van der Waals surface area contributed by atoms with Crippen molar-refractivity contribution >= 4 is 21.5 Å². The third-order valence-corrected chi connectivity index (χ3v) is 10.8. The van der Waals surface area contributed by atoms with E-state index in [1.165, 1.54) is 61.1 Å². The summed E-state index contributed by atoms with van der Waals surface area (Å²) >= 11 is 0. The number of fused-ring (bicyclic) bond motifs is 3. The van der Waals surface area contributed by atoms with Gasteiger partial charge in [-0.1, -0.05) is 183 Å². The Hall–Kier alpha value is -5.50. The average molecular weight is 803 g/mol. The number of hydrogen-bond donors (Lipinski definition) is 0. The Morgan fingerprint density at radius 3 is 1.13 bits per heavy atom. The van der Waals surface area contributed by atoms with E-state index in [2.05, 4.69) is 112 Å². The molecule has 0 radical (unpaired) electrons. The molecule has 4 heteroatoms. The van der Waals surface area contributed by atoms with Gasteiger partial charge in [-0.15, -0.1) is 6.42 Å².